The lowest BCUT2D eigenvalue weighted by Crippen LogP contribution is -2.53. The van der Waals surface area contributed by atoms with Crippen molar-refractivity contribution in [1.82, 2.24) is 5.32 Å². The molecule has 110 valence electrons. The SMILES string of the molecule is CC1CCC(CO)(NC(=O)c2cc(O)ccc2O)CC1. The Labute approximate surface area is 118 Å². The van der Waals surface area contributed by atoms with E-state index >= 15 is 0 Å². The molecule has 4 N–H and O–H groups in total. The van der Waals surface area contributed by atoms with Gasteiger partial charge in [0.05, 0.1) is 17.7 Å². The highest BCUT2D eigenvalue weighted by Crippen LogP contribution is 2.32. The summed E-state index contributed by atoms with van der Waals surface area (Å²) in [5.74, 6) is -0.136. The van der Waals surface area contributed by atoms with Crippen molar-refractivity contribution in [1.29, 1.82) is 0 Å². The number of rotatable bonds is 3. The smallest absolute Gasteiger partial charge is 0.255 e. The van der Waals surface area contributed by atoms with Crippen LogP contribution in [-0.4, -0.2) is 33.4 Å². The summed E-state index contributed by atoms with van der Waals surface area (Å²) in [5, 5.41) is 31.6. The Morgan fingerprint density at radius 2 is 2.00 bits per heavy atom. The average molecular weight is 279 g/mol. The van der Waals surface area contributed by atoms with Crippen LogP contribution in [0.3, 0.4) is 0 Å². The molecule has 0 aliphatic heterocycles. The quantitative estimate of drug-likeness (QED) is 0.635. The predicted molar refractivity (Wildman–Crippen MR) is 74.7 cm³/mol. The van der Waals surface area contributed by atoms with Crippen molar-refractivity contribution in [2.24, 2.45) is 5.92 Å². The van der Waals surface area contributed by atoms with Gasteiger partial charge in [-0.3, -0.25) is 4.79 Å². The van der Waals surface area contributed by atoms with Crippen molar-refractivity contribution in [3.8, 4) is 11.5 Å². The molecule has 1 aliphatic carbocycles. The van der Waals surface area contributed by atoms with Gasteiger partial charge in [0.25, 0.3) is 5.91 Å². The number of aromatic hydroxyl groups is 2. The second-order valence-electron chi connectivity index (χ2n) is 5.78. The van der Waals surface area contributed by atoms with Crippen molar-refractivity contribution in [2.75, 3.05) is 6.61 Å². The summed E-state index contributed by atoms with van der Waals surface area (Å²) in [6.07, 6.45) is 3.34. The fourth-order valence-electron chi connectivity index (χ4n) is 2.65. The fraction of sp³-hybridized carbons (Fsp3) is 0.533. The number of aliphatic hydroxyl groups is 1. The Hall–Kier alpha value is -1.75. The second-order valence-corrected chi connectivity index (χ2v) is 5.78. The van der Waals surface area contributed by atoms with E-state index in [1.54, 1.807) is 0 Å². The van der Waals surface area contributed by atoms with E-state index in [0.717, 1.165) is 25.7 Å². The third kappa shape index (κ3) is 3.04. The molecule has 1 aliphatic rings. The van der Waals surface area contributed by atoms with Crippen LogP contribution in [0.2, 0.25) is 0 Å². The van der Waals surface area contributed by atoms with Crippen LogP contribution in [0.25, 0.3) is 0 Å². The Bertz CT molecular complexity index is 493. The van der Waals surface area contributed by atoms with Crippen LogP contribution in [-0.2, 0) is 0 Å². The first-order chi connectivity index (χ1) is 9.46. The van der Waals surface area contributed by atoms with Gasteiger partial charge in [0.15, 0.2) is 0 Å². The lowest BCUT2D eigenvalue weighted by atomic mass is 9.77. The molecule has 1 fully saturated rings. The zero-order chi connectivity index (χ0) is 14.8. The molecule has 0 unspecified atom stereocenters. The van der Waals surface area contributed by atoms with E-state index in [4.69, 9.17) is 0 Å². The van der Waals surface area contributed by atoms with Gasteiger partial charge in [-0.15, -0.1) is 0 Å². The van der Waals surface area contributed by atoms with Gasteiger partial charge in [-0.25, -0.2) is 0 Å². The van der Waals surface area contributed by atoms with Gasteiger partial charge in [-0.05, 0) is 49.8 Å². The highest BCUT2D eigenvalue weighted by atomic mass is 16.3. The molecule has 20 heavy (non-hydrogen) atoms. The summed E-state index contributed by atoms with van der Waals surface area (Å²) >= 11 is 0. The second kappa shape index (κ2) is 5.71. The van der Waals surface area contributed by atoms with Crippen molar-refractivity contribution in [3.63, 3.8) is 0 Å². The standard InChI is InChI=1S/C15H21NO4/c1-10-4-6-15(9-17,7-5-10)16-14(20)12-8-11(18)2-3-13(12)19/h2-3,8,10,17-19H,4-7,9H2,1H3,(H,16,20). The van der Waals surface area contributed by atoms with Crippen LogP contribution in [0.5, 0.6) is 11.5 Å². The number of aliphatic hydroxyl groups excluding tert-OH is 1. The summed E-state index contributed by atoms with van der Waals surface area (Å²) in [4.78, 5) is 12.2. The number of hydrogen-bond acceptors (Lipinski definition) is 4. The maximum Gasteiger partial charge on any atom is 0.255 e. The van der Waals surface area contributed by atoms with Crippen LogP contribution >= 0.6 is 0 Å². The highest BCUT2D eigenvalue weighted by Gasteiger charge is 2.35. The maximum atomic E-state index is 12.2. The predicted octanol–water partition coefficient (Wildman–Crippen LogP) is 1.77. The third-order valence-corrected chi connectivity index (χ3v) is 4.14. The molecular formula is C15H21NO4. The number of phenolic OH excluding ortho intramolecular Hbond substituents is 2. The van der Waals surface area contributed by atoms with E-state index in [-0.39, 0.29) is 23.7 Å². The van der Waals surface area contributed by atoms with E-state index in [1.165, 1.54) is 18.2 Å². The van der Waals surface area contributed by atoms with E-state index in [0.29, 0.717) is 5.92 Å². The zero-order valence-corrected chi connectivity index (χ0v) is 11.6. The van der Waals surface area contributed by atoms with Gasteiger partial charge >= 0.3 is 0 Å². The molecule has 5 heteroatoms. The number of nitrogens with one attached hydrogen (secondary N) is 1. The third-order valence-electron chi connectivity index (χ3n) is 4.14. The summed E-state index contributed by atoms with van der Waals surface area (Å²) in [7, 11) is 0. The lowest BCUT2D eigenvalue weighted by Gasteiger charge is -2.38. The van der Waals surface area contributed by atoms with Gasteiger partial charge in [0.2, 0.25) is 0 Å². The minimum Gasteiger partial charge on any atom is -0.508 e. The summed E-state index contributed by atoms with van der Waals surface area (Å²) in [6.45, 7) is 2.04. The first-order valence-electron chi connectivity index (χ1n) is 6.91. The molecule has 1 amide bonds. The summed E-state index contributed by atoms with van der Waals surface area (Å²) in [6, 6.07) is 3.82. The zero-order valence-electron chi connectivity index (χ0n) is 11.6. The van der Waals surface area contributed by atoms with Crippen LogP contribution < -0.4 is 5.32 Å². The molecule has 2 rings (SSSR count). The molecule has 1 aromatic carbocycles. The van der Waals surface area contributed by atoms with E-state index in [2.05, 4.69) is 12.2 Å². The van der Waals surface area contributed by atoms with Gasteiger partial charge in [0.1, 0.15) is 11.5 Å². The molecule has 0 atom stereocenters. The van der Waals surface area contributed by atoms with E-state index in [1.807, 2.05) is 0 Å². The summed E-state index contributed by atoms with van der Waals surface area (Å²) in [5.41, 5.74) is -0.599. The number of benzene rings is 1. The van der Waals surface area contributed by atoms with E-state index in [9.17, 15) is 20.1 Å². The first-order valence-corrected chi connectivity index (χ1v) is 6.91. The fourth-order valence-corrected chi connectivity index (χ4v) is 2.65. The van der Waals surface area contributed by atoms with Crippen molar-refractivity contribution < 1.29 is 20.1 Å². The van der Waals surface area contributed by atoms with Gasteiger partial charge in [0, 0.05) is 0 Å². The highest BCUT2D eigenvalue weighted by molar-refractivity contribution is 5.97. The first kappa shape index (κ1) is 14.7. The molecule has 5 nitrogen and oxygen atoms in total. The molecule has 0 bridgehead atoms. The molecule has 0 radical (unpaired) electrons. The minimum absolute atomic E-state index is 0.0245. The largest absolute Gasteiger partial charge is 0.508 e. The number of phenols is 2. The summed E-state index contributed by atoms with van der Waals surface area (Å²) < 4.78 is 0. The van der Waals surface area contributed by atoms with Gasteiger partial charge in [-0.1, -0.05) is 6.92 Å². The molecule has 1 aromatic rings. The van der Waals surface area contributed by atoms with Crippen molar-refractivity contribution >= 4 is 5.91 Å². The van der Waals surface area contributed by atoms with Crippen molar-refractivity contribution in [2.45, 2.75) is 38.1 Å². The molecule has 1 saturated carbocycles. The van der Waals surface area contributed by atoms with Crippen LogP contribution in [0, 0.1) is 5.92 Å². The molecule has 0 saturated heterocycles. The molecule has 0 heterocycles. The Balaban J connectivity index is 2.15. The molecular weight excluding hydrogens is 258 g/mol. The van der Waals surface area contributed by atoms with Crippen LogP contribution in [0.15, 0.2) is 18.2 Å². The Morgan fingerprint density at radius 1 is 1.35 bits per heavy atom. The van der Waals surface area contributed by atoms with Crippen LogP contribution in [0.1, 0.15) is 43.0 Å². The van der Waals surface area contributed by atoms with E-state index < -0.39 is 11.4 Å². The average Bonchev–Trinajstić information content (AvgIpc) is 2.44. The molecule has 0 spiro atoms. The normalized spacial score (nSPS) is 26.2. The van der Waals surface area contributed by atoms with Gasteiger partial charge in [-0.2, -0.15) is 0 Å². The minimum atomic E-state index is -0.624. The number of carbonyl (C=O) groups excluding carboxylic acids is 1. The lowest BCUT2D eigenvalue weighted by molar-refractivity contribution is 0.0714. The number of amides is 1. The topological polar surface area (TPSA) is 89.8 Å². The van der Waals surface area contributed by atoms with Crippen LogP contribution in [0.4, 0.5) is 0 Å². The number of carbonyl (C=O) groups is 1. The van der Waals surface area contributed by atoms with Gasteiger partial charge < -0.3 is 20.6 Å². The Morgan fingerprint density at radius 3 is 2.60 bits per heavy atom. The Kier molecular flexibility index (Phi) is 4.18. The molecule has 0 aromatic heterocycles. The number of hydrogen-bond donors (Lipinski definition) is 4. The monoisotopic (exact) mass is 279 g/mol. The van der Waals surface area contributed by atoms with Crippen molar-refractivity contribution in [3.05, 3.63) is 23.8 Å². The maximum absolute atomic E-state index is 12.2.